The maximum atomic E-state index is 12.2. The summed E-state index contributed by atoms with van der Waals surface area (Å²) in [7, 11) is 1.43. The van der Waals surface area contributed by atoms with E-state index in [0.717, 1.165) is 12.1 Å². The van der Waals surface area contributed by atoms with E-state index >= 15 is 0 Å². The third-order valence-corrected chi connectivity index (χ3v) is 2.61. The molecular formula is C13H10F3N3O3. The second-order valence-corrected chi connectivity index (χ2v) is 4.11. The van der Waals surface area contributed by atoms with Crippen LogP contribution in [0.2, 0.25) is 0 Å². The molecule has 0 aliphatic rings. The number of alkyl halides is 3. The molecule has 0 fully saturated rings. The molecule has 0 radical (unpaired) electrons. The standard InChI is InChI=1S/C13H10F3N3O3/c1-17-12(21)9-4-3-8(18-19-9)7-2-5-10(20)11(6-7)22-13(14,15)16/h2-6,20H,1H3,(H,17,21). The normalized spacial score (nSPS) is 11.1. The summed E-state index contributed by atoms with van der Waals surface area (Å²) < 4.78 is 40.4. The van der Waals surface area contributed by atoms with Crippen LogP contribution in [0.1, 0.15) is 10.5 Å². The summed E-state index contributed by atoms with van der Waals surface area (Å²) in [6, 6.07) is 6.17. The number of hydrogen-bond donors (Lipinski definition) is 2. The van der Waals surface area contributed by atoms with Crippen LogP contribution in [-0.2, 0) is 0 Å². The molecule has 6 nitrogen and oxygen atoms in total. The molecule has 0 aliphatic heterocycles. The van der Waals surface area contributed by atoms with E-state index in [2.05, 4.69) is 20.3 Å². The van der Waals surface area contributed by atoms with Crippen molar-refractivity contribution in [1.82, 2.24) is 15.5 Å². The van der Waals surface area contributed by atoms with Gasteiger partial charge < -0.3 is 15.2 Å². The zero-order valence-electron chi connectivity index (χ0n) is 11.2. The van der Waals surface area contributed by atoms with Crippen LogP contribution in [0, 0.1) is 0 Å². The summed E-state index contributed by atoms with van der Waals surface area (Å²) in [6.07, 6.45) is -4.93. The Morgan fingerprint density at radius 1 is 1.23 bits per heavy atom. The quantitative estimate of drug-likeness (QED) is 0.906. The Morgan fingerprint density at radius 2 is 1.95 bits per heavy atom. The minimum absolute atomic E-state index is 0.0665. The lowest BCUT2D eigenvalue weighted by Gasteiger charge is -2.11. The van der Waals surface area contributed by atoms with Gasteiger partial charge in [-0.05, 0) is 30.3 Å². The number of carbonyl (C=O) groups is 1. The van der Waals surface area contributed by atoms with Crippen LogP contribution in [-0.4, -0.2) is 34.6 Å². The molecule has 2 aromatic rings. The van der Waals surface area contributed by atoms with Crippen LogP contribution in [0.3, 0.4) is 0 Å². The number of phenolic OH excluding ortho intramolecular Hbond substituents is 1. The monoisotopic (exact) mass is 313 g/mol. The van der Waals surface area contributed by atoms with Crippen molar-refractivity contribution in [2.75, 3.05) is 7.05 Å². The summed E-state index contributed by atoms with van der Waals surface area (Å²) in [5.41, 5.74) is 0.532. The maximum absolute atomic E-state index is 12.2. The van der Waals surface area contributed by atoms with Gasteiger partial charge in [0.2, 0.25) is 0 Å². The predicted molar refractivity (Wildman–Crippen MR) is 69.2 cm³/mol. The molecule has 2 rings (SSSR count). The number of aromatic hydroxyl groups is 1. The lowest BCUT2D eigenvalue weighted by Crippen LogP contribution is -2.19. The van der Waals surface area contributed by atoms with Crippen molar-refractivity contribution in [3.05, 3.63) is 36.0 Å². The van der Waals surface area contributed by atoms with Gasteiger partial charge in [0.15, 0.2) is 17.2 Å². The van der Waals surface area contributed by atoms with E-state index in [1.165, 1.54) is 25.2 Å². The van der Waals surface area contributed by atoms with Crippen LogP contribution in [0.25, 0.3) is 11.3 Å². The van der Waals surface area contributed by atoms with E-state index in [9.17, 15) is 23.1 Å². The molecule has 0 spiro atoms. The lowest BCUT2D eigenvalue weighted by molar-refractivity contribution is -0.275. The van der Waals surface area contributed by atoms with Gasteiger partial charge in [0, 0.05) is 12.6 Å². The van der Waals surface area contributed by atoms with E-state index in [1.807, 2.05) is 0 Å². The molecule has 0 unspecified atom stereocenters. The highest BCUT2D eigenvalue weighted by atomic mass is 19.4. The number of nitrogens with zero attached hydrogens (tertiary/aromatic N) is 2. The van der Waals surface area contributed by atoms with Gasteiger partial charge in [0.05, 0.1) is 5.69 Å². The Kier molecular flexibility index (Phi) is 4.15. The number of benzene rings is 1. The van der Waals surface area contributed by atoms with Crippen LogP contribution in [0.15, 0.2) is 30.3 Å². The van der Waals surface area contributed by atoms with Crippen molar-refractivity contribution >= 4 is 5.91 Å². The number of halogens is 3. The molecule has 9 heteroatoms. The van der Waals surface area contributed by atoms with Gasteiger partial charge in [-0.2, -0.15) is 0 Å². The first-order chi connectivity index (χ1) is 10.3. The highest BCUT2D eigenvalue weighted by molar-refractivity contribution is 5.92. The van der Waals surface area contributed by atoms with Crippen molar-refractivity contribution in [2.24, 2.45) is 0 Å². The second kappa shape index (κ2) is 5.88. The number of aromatic nitrogens is 2. The largest absolute Gasteiger partial charge is 0.573 e. The number of amides is 1. The van der Waals surface area contributed by atoms with Gasteiger partial charge in [-0.3, -0.25) is 4.79 Å². The van der Waals surface area contributed by atoms with Crippen molar-refractivity contribution in [3.63, 3.8) is 0 Å². The fourth-order valence-corrected chi connectivity index (χ4v) is 1.62. The number of carbonyl (C=O) groups excluding carboxylic acids is 1. The Morgan fingerprint density at radius 3 is 2.50 bits per heavy atom. The summed E-state index contributed by atoms with van der Waals surface area (Å²) in [5.74, 6) is -1.84. The average molecular weight is 313 g/mol. The maximum Gasteiger partial charge on any atom is 0.573 e. The van der Waals surface area contributed by atoms with Crippen LogP contribution in [0.4, 0.5) is 13.2 Å². The molecule has 0 saturated carbocycles. The number of phenols is 1. The number of ether oxygens (including phenoxy) is 1. The van der Waals surface area contributed by atoms with Gasteiger partial charge in [-0.1, -0.05) is 0 Å². The predicted octanol–water partition coefficient (Wildman–Crippen LogP) is 2.11. The van der Waals surface area contributed by atoms with E-state index < -0.39 is 23.8 Å². The van der Waals surface area contributed by atoms with Crippen LogP contribution < -0.4 is 10.1 Å². The highest BCUT2D eigenvalue weighted by Crippen LogP contribution is 2.34. The van der Waals surface area contributed by atoms with Crippen LogP contribution in [0.5, 0.6) is 11.5 Å². The lowest BCUT2D eigenvalue weighted by atomic mass is 10.1. The third kappa shape index (κ3) is 3.62. The van der Waals surface area contributed by atoms with Crippen molar-refractivity contribution < 1.29 is 27.8 Å². The number of hydrogen-bond acceptors (Lipinski definition) is 5. The summed E-state index contributed by atoms with van der Waals surface area (Å²) >= 11 is 0. The molecule has 0 atom stereocenters. The molecule has 0 bridgehead atoms. The Hall–Kier alpha value is -2.84. The highest BCUT2D eigenvalue weighted by Gasteiger charge is 2.32. The number of nitrogens with one attached hydrogen (secondary N) is 1. The fraction of sp³-hybridized carbons (Fsp3) is 0.154. The smallest absolute Gasteiger partial charge is 0.504 e. The Labute approximate surface area is 122 Å². The first kappa shape index (κ1) is 15.5. The van der Waals surface area contributed by atoms with Gasteiger partial charge in [-0.15, -0.1) is 23.4 Å². The minimum Gasteiger partial charge on any atom is -0.504 e. The second-order valence-electron chi connectivity index (χ2n) is 4.11. The average Bonchev–Trinajstić information content (AvgIpc) is 2.47. The van der Waals surface area contributed by atoms with Gasteiger partial charge in [0.1, 0.15) is 0 Å². The third-order valence-electron chi connectivity index (χ3n) is 2.61. The van der Waals surface area contributed by atoms with Gasteiger partial charge >= 0.3 is 6.36 Å². The van der Waals surface area contributed by atoms with Gasteiger partial charge in [0.25, 0.3) is 5.91 Å². The minimum atomic E-state index is -4.93. The van der Waals surface area contributed by atoms with E-state index in [-0.39, 0.29) is 17.0 Å². The molecule has 0 aliphatic carbocycles. The SMILES string of the molecule is CNC(=O)c1ccc(-c2ccc(O)c(OC(F)(F)F)c2)nn1. The molecule has 0 saturated heterocycles. The van der Waals surface area contributed by atoms with Gasteiger partial charge in [-0.25, -0.2) is 0 Å². The van der Waals surface area contributed by atoms with Crippen LogP contribution >= 0.6 is 0 Å². The summed E-state index contributed by atoms with van der Waals surface area (Å²) in [4.78, 5) is 11.3. The zero-order valence-corrected chi connectivity index (χ0v) is 11.2. The molecule has 1 amide bonds. The van der Waals surface area contributed by atoms with Crippen molar-refractivity contribution in [3.8, 4) is 22.8 Å². The molecule has 1 aromatic heterocycles. The molecule has 22 heavy (non-hydrogen) atoms. The molecule has 1 aromatic carbocycles. The topological polar surface area (TPSA) is 84.3 Å². The fourth-order valence-electron chi connectivity index (χ4n) is 1.62. The Bertz CT molecular complexity index is 687. The van der Waals surface area contributed by atoms with E-state index in [0.29, 0.717) is 0 Å². The molecule has 2 N–H and O–H groups in total. The van der Waals surface area contributed by atoms with E-state index in [4.69, 9.17) is 0 Å². The molecular weight excluding hydrogens is 303 g/mol. The van der Waals surface area contributed by atoms with Crippen molar-refractivity contribution in [2.45, 2.75) is 6.36 Å². The zero-order chi connectivity index (χ0) is 16.3. The van der Waals surface area contributed by atoms with Crippen molar-refractivity contribution in [1.29, 1.82) is 0 Å². The Balaban J connectivity index is 2.33. The molecule has 1 heterocycles. The number of rotatable bonds is 3. The summed E-state index contributed by atoms with van der Waals surface area (Å²) in [6.45, 7) is 0. The first-order valence-corrected chi connectivity index (χ1v) is 5.95. The molecule has 116 valence electrons. The van der Waals surface area contributed by atoms with E-state index in [1.54, 1.807) is 0 Å². The summed E-state index contributed by atoms with van der Waals surface area (Å²) in [5, 5.41) is 19.2. The first-order valence-electron chi connectivity index (χ1n) is 5.95.